The summed E-state index contributed by atoms with van der Waals surface area (Å²) in [5.74, 6) is 3.19. The zero-order chi connectivity index (χ0) is 24.2. The van der Waals surface area contributed by atoms with Crippen LogP contribution in [0.3, 0.4) is 0 Å². The maximum atomic E-state index is 13.5. The van der Waals surface area contributed by atoms with Crippen molar-refractivity contribution in [1.29, 1.82) is 0 Å². The van der Waals surface area contributed by atoms with Crippen LogP contribution in [0.4, 0.5) is 0 Å². The first-order valence-corrected chi connectivity index (χ1v) is 11.6. The molecule has 0 atom stereocenters. The van der Waals surface area contributed by atoms with Gasteiger partial charge in [0.2, 0.25) is 0 Å². The van der Waals surface area contributed by atoms with Gasteiger partial charge in [-0.05, 0) is 59.2 Å². The van der Waals surface area contributed by atoms with E-state index in [4.69, 9.17) is 28.4 Å². The van der Waals surface area contributed by atoms with Gasteiger partial charge in [-0.15, -0.1) is 0 Å². The highest BCUT2D eigenvalue weighted by molar-refractivity contribution is 6.02. The van der Waals surface area contributed by atoms with Crippen LogP contribution in [0.25, 0.3) is 0 Å². The van der Waals surface area contributed by atoms with Gasteiger partial charge in [0.15, 0.2) is 28.8 Å². The molecule has 0 saturated heterocycles. The number of methoxy groups -OCH3 is 1. The molecule has 7 heteroatoms. The number of benzene rings is 2. The van der Waals surface area contributed by atoms with Crippen molar-refractivity contribution in [2.75, 3.05) is 40.1 Å². The lowest BCUT2D eigenvalue weighted by molar-refractivity contribution is 0.0973. The fourth-order valence-corrected chi connectivity index (χ4v) is 3.54. The summed E-state index contributed by atoms with van der Waals surface area (Å²) >= 11 is 0. The van der Waals surface area contributed by atoms with E-state index >= 15 is 0 Å². The average Bonchev–Trinajstić information content (AvgIpc) is 2.81. The van der Waals surface area contributed by atoms with Gasteiger partial charge < -0.3 is 28.4 Å². The molecule has 0 saturated carbocycles. The van der Waals surface area contributed by atoms with Crippen molar-refractivity contribution >= 4 is 5.78 Å². The Bertz CT molecular complexity index is 908. The molecule has 0 spiro atoms. The predicted molar refractivity (Wildman–Crippen MR) is 128 cm³/mol. The minimum Gasteiger partial charge on any atom is -0.494 e. The first-order valence-electron chi connectivity index (χ1n) is 11.6. The molecule has 0 radical (unpaired) electrons. The first kappa shape index (κ1) is 26.2. The number of carbonyl (C=O) groups excluding carboxylic acids is 1. The van der Waals surface area contributed by atoms with Crippen molar-refractivity contribution in [1.82, 2.24) is 0 Å². The van der Waals surface area contributed by atoms with Crippen LogP contribution in [0, 0.1) is 0 Å². The lowest BCUT2D eigenvalue weighted by Gasteiger charge is -2.19. The Kier molecular flexibility index (Phi) is 10.7. The number of aryl methyl sites for hydroxylation is 1. The number of hydrogen-bond donors (Lipinski definition) is 0. The predicted octanol–water partition coefficient (Wildman–Crippen LogP) is 5.50. The molecule has 0 heterocycles. The SMILES string of the molecule is CCOc1cc(CCC(=O)c2c(OCC)ccc(OCC)c2OCC)c(OCC)c(OC)c1. The summed E-state index contributed by atoms with van der Waals surface area (Å²) in [6.45, 7) is 11.8. The van der Waals surface area contributed by atoms with Crippen molar-refractivity contribution in [2.24, 2.45) is 0 Å². The number of hydrogen-bond acceptors (Lipinski definition) is 7. The lowest BCUT2D eigenvalue weighted by atomic mass is 9.99. The maximum absolute atomic E-state index is 13.5. The highest BCUT2D eigenvalue weighted by atomic mass is 16.5. The average molecular weight is 461 g/mol. The summed E-state index contributed by atoms with van der Waals surface area (Å²) in [7, 11) is 1.59. The number of Topliss-reactive ketones (excluding diaryl/α,β-unsaturated/α-hetero) is 1. The summed E-state index contributed by atoms with van der Waals surface area (Å²) in [6.07, 6.45) is 0.649. The molecule has 2 aromatic rings. The molecule has 33 heavy (non-hydrogen) atoms. The van der Waals surface area contributed by atoms with Gasteiger partial charge in [0.05, 0.1) is 40.1 Å². The molecule has 0 aromatic heterocycles. The van der Waals surface area contributed by atoms with Gasteiger partial charge >= 0.3 is 0 Å². The highest BCUT2D eigenvalue weighted by Gasteiger charge is 2.24. The number of ketones is 1. The summed E-state index contributed by atoms with van der Waals surface area (Å²) < 4.78 is 34.4. The standard InChI is InChI=1S/C26H36O7/c1-7-29-19-16-18(25(32-10-4)23(17-19)28-6)12-13-20(27)24-21(30-8-2)14-15-22(31-9-3)26(24)33-11-5/h14-17H,7-13H2,1-6H3. The van der Waals surface area contributed by atoms with E-state index in [1.165, 1.54) is 0 Å². The third-order valence-corrected chi connectivity index (χ3v) is 4.80. The van der Waals surface area contributed by atoms with E-state index in [0.29, 0.717) is 79.5 Å². The smallest absolute Gasteiger partial charge is 0.175 e. The van der Waals surface area contributed by atoms with Crippen LogP contribution in [0.15, 0.2) is 24.3 Å². The van der Waals surface area contributed by atoms with Crippen LogP contribution >= 0.6 is 0 Å². The summed E-state index contributed by atoms with van der Waals surface area (Å²) in [5, 5.41) is 0. The van der Waals surface area contributed by atoms with Crippen LogP contribution in [-0.4, -0.2) is 45.9 Å². The third kappa shape index (κ3) is 6.70. The molecule has 7 nitrogen and oxygen atoms in total. The van der Waals surface area contributed by atoms with Crippen LogP contribution in [0.5, 0.6) is 34.5 Å². The molecule has 2 rings (SSSR count). The second-order valence-electron chi connectivity index (χ2n) is 6.97. The van der Waals surface area contributed by atoms with Crippen LogP contribution in [0.1, 0.15) is 57.0 Å². The number of rotatable bonds is 15. The van der Waals surface area contributed by atoms with Gasteiger partial charge in [0.1, 0.15) is 17.1 Å². The zero-order valence-corrected chi connectivity index (χ0v) is 20.6. The Morgan fingerprint density at radius 1 is 0.697 bits per heavy atom. The van der Waals surface area contributed by atoms with Crippen molar-refractivity contribution in [3.05, 3.63) is 35.4 Å². The van der Waals surface area contributed by atoms with Gasteiger partial charge in [0, 0.05) is 18.1 Å². The monoisotopic (exact) mass is 460 g/mol. The van der Waals surface area contributed by atoms with E-state index in [1.807, 2.05) is 40.7 Å². The van der Waals surface area contributed by atoms with Gasteiger partial charge in [-0.2, -0.15) is 0 Å². The summed E-state index contributed by atoms with van der Waals surface area (Å²) in [6, 6.07) is 7.23. The lowest BCUT2D eigenvalue weighted by Crippen LogP contribution is -2.11. The molecule has 0 amide bonds. The fourth-order valence-electron chi connectivity index (χ4n) is 3.54. The Labute approximate surface area is 196 Å². The van der Waals surface area contributed by atoms with Crippen molar-refractivity contribution in [3.8, 4) is 34.5 Å². The Morgan fingerprint density at radius 3 is 1.88 bits per heavy atom. The third-order valence-electron chi connectivity index (χ3n) is 4.80. The van der Waals surface area contributed by atoms with Gasteiger partial charge in [-0.3, -0.25) is 4.79 Å². The minimum atomic E-state index is -0.105. The van der Waals surface area contributed by atoms with E-state index in [2.05, 4.69) is 0 Å². The van der Waals surface area contributed by atoms with Crippen LogP contribution in [-0.2, 0) is 6.42 Å². The topological polar surface area (TPSA) is 72.5 Å². The molecule has 0 fully saturated rings. The highest BCUT2D eigenvalue weighted by Crippen LogP contribution is 2.40. The molecule has 0 bridgehead atoms. The van der Waals surface area contributed by atoms with E-state index in [9.17, 15) is 4.79 Å². The molecule has 0 aliphatic heterocycles. The van der Waals surface area contributed by atoms with Crippen molar-refractivity contribution in [2.45, 2.75) is 47.5 Å². The summed E-state index contributed by atoms with van der Waals surface area (Å²) in [5.41, 5.74) is 1.24. The van der Waals surface area contributed by atoms with Crippen LogP contribution in [0.2, 0.25) is 0 Å². The number of carbonyl (C=O) groups is 1. The maximum Gasteiger partial charge on any atom is 0.175 e. The second-order valence-corrected chi connectivity index (χ2v) is 6.97. The largest absolute Gasteiger partial charge is 0.494 e. The minimum absolute atomic E-state index is 0.105. The normalized spacial score (nSPS) is 10.5. The van der Waals surface area contributed by atoms with Gasteiger partial charge in [0.25, 0.3) is 0 Å². The first-order chi connectivity index (χ1) is 16.0. The van der Waals surface area contributed by atoms with Gasteiger partial charge in [-0.1, -0.05) is 0 Å². The number of ether oxygens (including phenoxy) is 6. The van der Waals surface area contributed by atoms with E-state index in [-0.39, 0.29) is 12.2 Å². The van der Waals surface area contributed by atoms with Crippen molar-refractivity contribution < 1.29 is 33.2 Å². The quantitative estimate of drug-likeness (QED) is 0.325. The second kappa shape index (κ2) is 13.5. The molecule has 0 aliphatic rings. The van der Waals surface area contributed by atoms with Crippen LogP contribution < -0.4 is 28.4 Å². The molecule has 182 valence electrons. The van der Waals surface area contributed by atoms with E-state index in [1.54, 1.807) is 25.3 Å². The Morgan fingerprint density at radius 2 is 1.27 bits per heavy atom. The van der Waals surface area contributed by atoms with E-state index < -0.39 is 0 Å². The molecule has 0 N–H and O–H groups in total. The van der Waals surface area contributed by atoms with E-state index in [0.717, 1.165) is 5.56 Å². The summed E-state index contributed by atoms with van der Waals surface area (Å²) in [4.78, 5) is 13.5. The Balaban J connectivity index is 2.44. The molecular weight excluding hydrogens is 424 g/mol. The zero-order valence-electron chi connectivity index (χ0n) is 20.6. The fraction of sp³-hybridized carbons (Fsp3) is 0.500. The molecule has 0 unspecified atom stereocenters. The molecular formula is C26H36O7. The molecule has 0 aliphatic carbocycles. The van der Waals surface area contributed by atoms with Gasteiger partial charge in [-0.25, -0.2) is 0 Å². The Hall–Kier alpha value is -3.09. The molecule has 2 aromatic carbocycles. The van der Waals surface area contributed by atoms with Crippen molar-refractivity contribution in [3.63, 3.8) is 0 Å².